The highest BCUT2D eigenvalue weighted by Crippen LogP contribution is 2.17. The van der Waals surface area contributed by atoms with Crippen LogP contribution in [0.2, 0.25) is 0 Å². The lowest BCUT2D eigenvalue weighted by Crippen LogP contribution is -2.48. The van der Waals surface area contributed by atoms with Crippen LogP contribution < -0.4 is 16.2 Å². The Hall–Kier alpha value is -1.44. The van der Waals surface area contributed by atoms with E-state index in [-0.39, 0.29) is 22.8 Å². The van der Waals surface area contributed by atoms with E-state index >= 15 is 0 Å². The molecule has 0 aliphatic carbocycles. The molecule has 1 aromatic carbocycles. The summed E-state index contributed by atoms with van der Waals surface area (Å²) < 4.78 is 22.5. The van der Waals surface area contributed by atoms with Crippen LogP contribution in [0.1, 0.15) is 26.3 Å². The molecule has 0 aliphatic heterocycles. The molecule has 0 heterocycles. The van der Waals surface area contributed by atoms with E-state index in [4.69, 9.17) is 10.9 Å². The molecule has 1 amide bonds. The number of primary sulfonamides is 1. The van der Waals surface area contributed by atoms with Gasteiger partial charge in [-0.25, -0.2) is 13.6 Å². The summed E-state index contributed by atoms with van der Waals surface area (Å²) in [5, 5.41) is 7.74. The number of hydrogen-bond donors (Lipinski definition) is 3. The number of nitrogens with two attached hydrogens (primary N) is 2. The summed E-state index contributed by atoms with van der Waals surface area (Å²) in [4.78, 5) is 11.9. The van der Waals surface area contributed by atoms with Gasteiger partial charge in [-0.1, -0.05) is 32.9 Å². The number of rotatable bonds is 4. The smallest absolute Gasteiger partial charge is 0.238 e. The summed E-state index contributed by atoms with van der Waals surface area (Å²) in [6.07, 6.45) is 0. The van der Waals surface area contributed by atoms with Crippen molar-refractivity contribution in [3.8, 4) is 0 Å². The molecule has 0 aliphatic rings. The molecule has 1 aromatic rings. The number of amides is 1. The maximum Gasteiger partial charge on any atom is 0.238 e. The van der Waals surface area contributed by atoms with Crippen molar-refractivity contribution in [2.24, 2.45) is 16.3 Å². The normalized spacial score (nSPS) is 13.8. The highest BCUT2D eigenvalue weighted by Gasteiger charge is 2.27. The Morgan fingerprint density at radius 1 is 1.35 bits per heavy atom. The van der Waals surface area contributed by atoms with Crippen molar-refractivity contribution in [1.29, 1.82) is 0 Å². The molecule has 1 atom stereocenters. The molecule has 0 aromatic heterocycles. The van der Waals surface area contributed by atoms with Gasteiger partial charge in [0, 0.05) is 6.54 Å². The van der Waals surface area contributed by atoms with Crippen molar-refractivity contribution in [1.82, 2.24) is 5.32 Å². The highest BCUT2D eigenvalue weighted by molar-refractivity contribution is 7.89. The molecule has 1 rings (SSSR count). The number of carbonyl (C=O) groups excluding carboxylic acids is 1. The number of nitrogens with one attached hydrogen (secondary N) is 1. The lowest BCUT2D eigenvalue weighted by Gasteiger charge is -2.25. The number of hydrogen-bond acceptors (Lipinski definition) is 4. The summed E-state index contributed by atoms with van der Waals surface area (Å²) in [5.74, 6) is -0.279. The van der Waals surface area contributed by atoms with Crippen molar-refractivity contribution in [2.45, 2.75) is 38.3 Å². The third-order valence-electron chi connectivity index (χ3n) is 2.91. The van der Waals surface area contributed by atoms with Crippen LogP contribution in [0.5, 0.6) is 0 Å². The second-order valence-electron chi connectivity index (χ2n) is 5.75. The Kier molecular flexibility index (Phi) is 4.90. The van der Waals surface area contributed by atoms with E-state index in [0.717, 1.165) is 0 Å². The molecule has 20 heavy (non-hydrogen) atoms. The van der Waals surface area contributed by atoms with Gasteiger partial charge in [-0.2, -0.15) is 0 Å². The largest absolute Gasteiger partial charge is 0.351 e. The summed E-state index contributed by atoms with van der Waals surface area (Å²) >= 11 is 0. The van der Waals surface area contributed by atoms with Gasteiger partial charge in [0.1, 0.15) is 0 Å². The summed E-state index contributed by atoms with van der Waals surface area (Å²) in [6.45, 7) is 5.82. The Bertz CT molecular complexity index is 591. The van der Waals surface area contributed by atoms with Gasteiger partial charge in [0.15, 0.2) is 0 Å². The van der Waals surface area contributed by atoms with E-state index in [0.29, 0.717) is 5.56 Å². The first-order valence-corrected chi connectivity index (χ1v) is 7.71. The zero-order chi connectivity index (χ0) is 15.6. The molecular formula is C13H21N3O3S. The van der Waals surface area contributed by atoms with Crippen LogP contribution in [0.3, 0.4) is 0 Å². The average molecular weight is 299 g/mol. The minimum Gasteiger partial charge on any atom is -0.351 e. The van der Waals surface area contributed by atoms with Gasteiger partial charge in [0.25, 0.3) is 0 Å². The summed E-state index contributed by atoms with van der Waals surface area (Å²) in [5.41, 5.74) is 6.13. The summed E-state index contributed by atoms with van der Waals surface area (Å²) in [7, 11) is -3.74. The Balaban J connectivity index is 2.74. The second kappa shape index (κ2) is 5.90. The van der Waals surface area contributed by atoms with Crippen molar-refractivity contribution < 1.29 is 13.2 Å². The van der Waals surface area contributed by atoms with Crippen LogP contribution in [0.15, 0.2) is 29.2 Å². The number of sulfonamides is 1. The molecule has 0 saturated heterocycles. The van der Waals surface area contributed by atoms with Gasteiger partial charge in [-0.05, 0) is 23.1 Å². The lowest BCUT2D eigenvalue weighted by molar-refractivity contribution is -0.124. The van der Waals surface area contributed by atoms with Gasteiger partial charge in [-0.3, -0.25) is 4.79 Å². The molecule has 0 saturated carbocycles. The Morgan fingerprint density at radius 3 is 2.45 bits per heavy atom. The zero-order valence-corrected chi connectivity index (χ0v) is 12.7. The number of benzene rings is 1. The van der Waals surface area contributed by atoms with Gasteiger partial charge >= 0.3 is 0 Å². The van der Waals surface area contributed by atoms with E-state index in [2.05, 4.69) is 5.32 Å². The van der Waals surface area contributed by atoms with Gasteiger partial charge in [0.05, 0.1) is 10.9 Å². The predicted octanol–water partition coefficient (Wildman–Crippen LogP) is 0.324. The molecule has 6 nitrogen and oxygen atoms in total. The molecule has 0 spiro atoms. The van der Waals surface area contributed by atoms with Crippen molar-refractivity contribution in [2.75, 3.05) is 0 Å². The quantitative estimate of drug-likeness (QED) is 0.742. The molecule has 0 unspecified atom stereocenters. The fraction of sp³-hybridized carbons (Fsp3) is 0.462. The highest BCUT2D eigenvalue weighted by atomic mass is 32.2. The van der Waals surface area contributed by atoms with Crippen LogP contribution in [-0.2, 0) is 21.4 Å². The van der Waals surface area contributed by atoms with Crippen molar-refractivity contribution in [3.63, 3.8) is 0 Å². The standard InChI is InChI=1S/C13H21N3O3S/c1-13(2,3)11(14)12(17)16-8-9-5-4-6-10(7-9)20(15,18)19/h4-7,11H,8,14H2,1-3H3,(H,16,17)(H2,15,18,19)/t11-/m1/s1. The van der Waals surface area contributed by atoms with E-state index in [1.165, 1.54) is 12.1 Å². The fourth-order valence-corrected chi connectivity index (χ4v) is 2.11. The number of carbonyl (C=O) groups is 1. The minimum atomic E-state index is -3.74. The third kappa shape index (κ3) is 4.59. The van der Waals surface area contributed by atoms with E-state index in [1.54, 1.807) is 12.1 Å². The average Bonchev–Trinajstić information content (AvgIpc) is 2.33. The van der Waals surface area contributed by atoms with E-state index in [1.807, 2.05) is 20.8 Å². The Labute approximate surface area is 119 Å². The van der Waals surface area contributed by atoms with Crippen LogP contribution >= 0.6 is 0 Å². The second-order valence-corrected chi connectivity index (χ2v) is 7.32. The first kappa shape index (κ1) is 16.6. The van der Waals surface area contributed by atoms with Gasteiger partial charge in [-0.15, -0.1) is 0 Å². The minimum absolute atomic E-state index is 0.0179. The molecule has 112 valence electrons. The Morgan fingerprint density at radius 2 is 1.95 bits per heavy atom. The van der Waals surface area contributed by atoms with E-state index < -0.39 is 16.1 Å². The zero-order valence-electron chi connectivity index (χ0n) is 11.9. The maximum absolute atomic E-state index is 11.9. The molecule has 5 N–H and O–H groups in total. The SMILES string of the molecule is CC(C)(C)[C@H](N)C(=O)NCc1cccc(S(N)(=O)=O)c1. The molecule has 0 radical (unpaired) electrons. The maximum atomic E-state index is 11.9. The fourth-order valence-electron chi connectivity index (χ4n) is 1.52. The van der Waals surface area contributed by atoms with Gasteiger partial charge in [0.2, 0.25) is 15.9 Å². The third-order valence-corrected chi connectivity index (χ3v) is 3.82. The van der Waals surface area contributed by atoms with Crippen LogP contribution in [0.4, 0.5) is 0 Å². The lowest BCUT2D eigenvalue weighted by atomic mass is 9.87. The first-order chi connectivity index (χ1) is 9.01. The van der Waals surface area contributed by atoms with Crippen LogP contribution in [0.25, 0.3) is 0 Å². The molecule has 0 fully saturated rings. The van der Waals surface area contributed by atoms with Crippen molar-refractivity contribution in [3.05, 3.63) is 29.8 Å². The van der Waals surface area contributed by atoms with Crippen LogP contribution in [-0.4, -0.2) is 20.4 Å². The molecular weight excluding hydrogens is 278 g/mol. The molecule has 0 bridgehead atoms. The van der Waals surface area contributed by atoms with Gasteiger partial charge < -0.3 is 11.1 Å². The van der Waals surface area contributed by atoms with Crippen molar-refractivity contribution >= 4 is 15.9 Å². The molecule has 7 heteroatoms. The summed E-state index contributed by atoms with van der Waals surface area (Å²) in [6, 6.07) is 5.48. The van der Waals surface area contributed by atoms with E-state index in [9.17, 15) is 13.2 Å². The van der Waals surface area contributed by atoms with Crippen LogP contribution in [0, 0.1) is 5.41 Å². The predicted molar refractivity (Wildman–Crippen MR) is 77.1 cm³/mol. The monoisotopic (exact) mass is 299 g/mol. The topological polar surface area (TPSA) is 115 Å². The first-order valence-electron chi connectivity index (χ1n) is 6.17.